The summed E-state index contributed by atoms with van der Waals surface area (Å²) in [5.74, 6) is -1.81. The summed E-state index contributed by atoms with van der Waals surface area (Å²) in [5, 5.41) is 0. The minimum atomic E-state index is -0.824. The molecule has 0 amide bonds. The first kappa shape index (κ1) is 22.1. The summed E-state index contributed by atoms with van der Waals surface area (Å²) in [6.07, 6.45) is 4.73. The van der Waals surface area contributed by atoms with Gasteiger partial charge in [0, 0.05) is 18.6 Å². The van der Waals surface area contributed by atoms with Crippen LogP contribution in [0.4, 0.5) is 0 Å². The number of fused-ring (bicyclic) bond motifs is 3. The van der Waals surface area contributed by atoms with Gasteiger partial charge in [0.2, 0.25) is 0 Å². The van der Waals surface area contributed by atoms with Gasteiger partial charge in [0.1, 0.15) is 11.9 Å². The fraction of sp³-hybridized carbons (Fsp3) is 0.708. The molecular weight excluding hydrogens is 400 g/mol. The lowest BCUT2D eigenvalue weighted by molar-refractivity contribution is -0.210. The number of carbonyl (C=O) groups is 3. The quantitative estimate of drug-likeness (QED) is 0.670. The summed E-state index contributed by atoms with van der Waals surface area (Å²) in [7, 11) is 2.96. The van der Waals surface area contributed by atoms with Crippen LogP contribution in [0.15, 0.2) is 23.0 Å². The smallest absolute Gasteiger partial charge is 0.310 e. The van der Waals surface area contributed by atoms with Crippen molar-refractivity contribution in [3.05, 3.63) is 24.2 Å². The minimum Gasteiger partial charge on any atom is -0.472 e. The van der Waals surface area contributed by atoms with Gasteiger partial charge in [-0.3, -0.25) is 14.4 Å². The van der Waals surface area contributed by atoms with Crippen LogP contribution in [0.5, 0.6) is 0 Å². The molecule has 31 heavy (non-hydrogen) atoms. The van der Waals surface area contributed by atoms with Crippen molar-refractivity contribution in [2.75, 3.05) is 20.8 Å². The van der Waals surface area contributed by atoms with Crippen LogP contribution in [0.1, 0.15) is 58.1 Å². The Morgan fingerprint density at radius 3 is 2.52 bits per heavy atom. The zero-order valence-electron chi connectivity index (χ0n) is 18.9. The molecule has 0 radical (unpaired) electrons. The molecule has 1 aromatic rings. The van der Waals surface area contributed by atoms with E-state index in [9.17, 15) is 14.4 Å². The first-order valence-electron chi connectivity index (χ1n) is 10.9. The highest BCUT2D eigenvalue weighted by molar-refractivity contribution is 5.93. The van der Waals surface area contributed by atoms with E-state index in [1.165, 1.54) is 7.11 Å². The number of cyclic esters (lactones) is 1. The van der Waals surface area contributed by atoms with Crippen molar-refractivity contribution in [2.24, 2.45) is 34.0 Å². The van der Waals surface area contributed by atoms with E-state index in [4.69, 9.17) is 18.6 Å². The number of ether oxygens (including phenoxy) is 3. The van der Waals surface area contributed by atoms with Gasteiger partial charge < -0.3 is 18.6 Å². The highest BCUT2D eigenvalue weighted by atomic mass is 16.5. The zero-order valence-corrected chi connectivity index (χ0v) is 18.9. The van der Waals surface area contributed by atoms with Crippen LogP contribution in [0.2, 0.25) is 0 Å². The molecular formula is C24H32O7. The molecule has 2 saturated carbocycles. The molecule has 0 unspecified atom stereocenters. The third-order valence-electron chi connectivity index (χ3n) is 8.43. The van der Waals surface area contributed by atoms with E-state index in [2.05, 4.69) is 0 Å². The Morgan fingerprint density at radius 1 is 1.16 bits per heavy atom. The number of ketones is 1. The van der Waals surface area contributed by atoms with Crippen molar-refractivity contribution < 1.29 is 33.0 Å². The van der Waals surface area contributed by atoms with Crippen LogP contribution in [0, 0.1) is 34.0 Å². The van der Waals surface area contributed by atoms with Gasteiger partial charge in [0.05, 0.1) is 43.5 Å². The Labute approximate surface area is 182 Å². The van der Waals surface area contributed by atoms with E-state index in [0.29, 0.717) is 25.7 Å². The van der Waals surface area contributed by atoms with Crippen LogP contribution >= 0.6 is 0 Å². The molecule has 7 atom stereocenters. The van der Waals surface area contributed by atoms with Crippen molar-refractivity contribution in [2.45, 2.75) is 52.6 Å². The highest BCUT2D eigenvalue weighted by Crippen LogP contribution is 2.67. The number of hydrogen-bond donors (Lipinski definition) is 0. The zero-order chi connectivity index (χ0) is 22.6. The molecule has 7 nitrogen and oxygen atoms in total. The maximum atomic E-state index is 14.1. The van der Waals surface area contributed by atoms with Crippen LogP contribution in [-0.2, 0) is 28.6 Å². The third-order valence-corrected chi connectivity index (χ3v) is 8.43. The van der Waals surface area contributed by atoms with Gasteiger partial charge in [-0.2, -0.15) is 0 Å². The molecule has 3 aliphatic rings. The summed E-state index contributed by atoms with van der Waals surface area (Å²) >= 11 is 0. The molecule has 4 rings (SSSR count). The molecule has 0 spiro atoms. The van der Waals surface area contributed by atoms with Crippen molar-refractivity contribution in [3.8, 4) is 0 Å². The second-order valence-corrected chi connectivity index (χ2v) is 10.4. The first-order valence-corrected chi connectivity index (χ1v) is 10.9. The molecule has 1 saturated heterocycles. The number of methoxy groups -OCH3 is 2. The van der Waals surface area contributed by atoms with Gasteiger partial charge >= 0.3 is 11.9 Å². The summed E-state index contributed by atoms with van der Waals surface area (Å²) in [5.41, 5.74) is -1.29. The lowest BCUT2D eigenvalue weighted by Crippen LogP contribution is -2.66. The molecule has 2 heterocycles. The lowest BCUT2D eigenvalue weighted by Gasteiger charge is -2.62. The van der Waals surface area contributed by atoms with Gasteiger partial charge in [0.25, 0.3) is 0 Å². The topological polar surface area (TPSA) is 92.0 Å². The van der Waals surface area contributed by atoms with E-state index in [1.54, 1.807) is 25.7 Å². The number of carbonyl (C=O) groups excluding carboxylic acids is 3. The summed E-state index contributed by atoms with van der Waals surface area (Å²) < 4.78 is 21.6. The maximum Gasteiger partial charge on any atom is 0.310 e. The number of esters is 2. The Bertz CT molecular complexity index is 876. The van der Waals surface area contributed by atoms with Gasteiger partial charge in [-0.15, -0.1) is 0 Å². The Hall–Kier alpha value is -2.15. The molecule has 0 N–H and O–H groups in total. The highest BCUT2D eigenvalue weighted by Gasteiger charge is 2.69. The lowest BCUT2D eigenvalue weighted by atomic mass is 9.40. The van der Waals surface area contributed by atoms with Gasteiger partial charge in [0.15, 0.2) is 0 Å². The van der Waals surface area contributed by atoms with Crippen molar-refractivity contribution in [3.63, 3.8) is 0 Å². The Morgan fingerprint density at radius 2 is 1.90 bits per heavy atom. The minimum absolute atomic E-state index is 0.0739. The average molecular weight is 433 g/mol. The second kappa shape index (κ2) is 7.47. The van der Waals surface area contributed by atoms with Gasteiger partial charge in [-0.05, 0) is 42.6 Å². The third kappa shape index (κ3) is 3.15. The summed E-state index contributed by atoms with van der Waals surface area (Å²) in [4.78, 5) is 40.1. The molecule has 3 fully saturated rings. The first-order chi connectivity index (χ1) is 14.6. The fourth-order valence-corrected chi connectivity index (χ4v) is 6.89. The molecule has 7 heteroatoms. The number of rotatable bonds is 4. The predicted octanol–water partition coefficient (Wildman–Crippen LogP) is 3.72. The van der Waals surface area contributed by atoms with Crippen molar-refractivity contribution in [1.29, 1.82) is 0 Å². The van der Waals surface area contributed by atoms with E-state index >= 15 is 0 Å². The molecule has 2 aliphatic carbocycles. The number of hydrogen-bond acceptors (Lipinski definition) is 7. The Balaban J connectivity index is 1.83. The SMILES string of the molecule is COC[C@@]1(C)C[C@@H](C(=O)OC)[C@]2(C)CC[C@@H]3C(=O)O[C@H](c4ccoc4)C[C@]3(C)[C@@H]2C1=O. The van der Waals surface area contributed by atoms with Crippen LogP contribution in [0.3, 0.4) is 0 Å². The average Bonchev–Trinajstić information content (AvgIpc) is 3.24. The molecule has 0 aromatic carbocycles. The van der Waals surface area contributed by atoms with E-state index in [-0.39, 0.29) is 30.2 Å². The second-order valence-electron chi connectivity index (χ2n) is 10.4. The predicted molar refractivity (Wildman–Crippen MR) is 110 cm³/mol. The number of furan rings is 1. The van der Waals surface area contributed by atoms with Crippen LogP contribution < -0.4 is 0 Å². The standard InChI is InChI=1S/C24H32O7/c1-22(13-28-4)10-16(20(26)29-5)23(2)8-6-15-21(27)31-17(14-7-9-30-12-14)11-24(15,3)18(23)19(22)25/h7,9,12,15-18H,6,8,10-11,13H2,1-5H3/t15-,16+,17+,18-,22-,23+,24+/m1/s1. The van der Waals surface area contributed by atoms with E-state index in [1.807, 2.05) is 20.8 Å². The fourth-order valence-electron chi connectivity index (χ4n) is 6.89. The summed E-state index contributed by atoms with van der Waals surface area (Å²) in [6.45, 7) is 6.15. The summed E-state index contributed by atoms with van der Waals surface area (Å²) in [6, 6.07) is 1.79. The molecule has 170 valence electrons. The normalized spacial score (nSPS) is 42.4. The van der Waals surface area contributed by atoms with Crippen LogP contribution in [0.25, 0.3) is 0 Å². The largest absolute Gasteiger partial charge is 0.472 e. The molecule has 1 aromatic heterocycles. The van der Waals surface area contributed by atoms with Gasteiger partial charge in [-0.25, -0.2) is 0 Å². The van der Waals surface area contributed by atoms with Crippen LogP contribution in [-0.4, -0.2) is 38.5 Å². The van der Waals surface area contributed by atoms with Gasteiger partial charge in [-0.1, -0.05) is 20.8 Å². The Kier molecular flexibility index (Phi) is 5.31. The molecule has 1 aliphatic heterocycles. The van der Waals surface area contributed by atoms with Crippen molar-refractivity contribution in [1.82, 2.24) is 0 Å². The number of Topliss-reactive ketones (excluding diaryl/α,β-unsaturated/α-hetero) is 1. The van der Waals surface area contributed by atoms with Crippen molar-refractivity contribution >= 4 is 17.7 Å². The van der Waals surface area contributed by atoms with E-state index in [0.717, 1.165) is 5.56 Å². The molecule has 0 bridgehead atoms. The van der Waals surface area contributed by atoms with E-state index < -0.39 is 34.2 Å². The maximum absolute atomic E-state index is 14.1. The monoisotopic (exact) mass is 432 g/mol.